The van der Waals surface area contributed by atoms with Crippen LogP contribution in [0.25, 0.3) is 0 Å². The maximum atomic E-state index is 11.2. The molecule has 0 spiro atoms. The van der Waals surface area contributed by atoms with Crippen molar-refractivity contribution in [1.29, 1.82) is 0 Å². The van der Waals surface area contributed by atoms with Gasteiger partial charge in [-0.2, -0.15) is 0 Å². The molecule has 0 fully saturated rings. The van der Waals surface area contributed by atoms with Gasteiger partial charge < -0.3 is 9.47 Å². The van der Waals surface area contributed by atoms with Crippen molar-refractivity contribution in [1.82, 2.24) is 0 Å². The molecule has 1 rings (SSSR count). The molecule has 0 saturated heterocycles. The minimum Gasteiger partial charge on any atom is -0.493 e. The molecular formula is C12H15O3. The molecule has 3 nitrogen and oxygen atoms in total. The number of esters is 1. The number of hydrogen-bond donors (Lipinski definition) is 0. The van der Waals surface area contributed by atoms with E-state index in [9.17, 15) is 4.79 Å². The van der Waals surface area contributed by atoms with Gasteiger partial charge >= 0.3 is 5.97 Å². The Morgan fingerprint density at radius 2 is 2.20 bits per heavy atom. The van der Waals surface area contributed by atoms with Crippen molar-refractivity contribution in [2.24, 2.45) is 5.92 Å². The zero-order valence-electron chi connectivity index (χ0n) is 9.24. The van der Waals surface area contributed by atoms with E-state index in [1.807, 2.05) is 0 Å². The van der Waals surface area contributed by atoms with Crippen LogP contribution in [0, 0.1) is 12.0 Å². The molecule has 1 aromatic carbocycles. The van der Waals surface area contributed by atoms with Gasteiger partial charge in [-0.3, -0.25) is 0 Å². The first-order valence-electron chi connectivity index (χ1n) is 4.85. The molecular weight excluding hydrogens is 192 g/mol. The fourth-order valence-corrected chi connectivity index (χ4v) is 1.03. The van der Waals surface area contributed by atoms with Crippen LogP contribution in [0.1, 0.15) is 24.2 Å². The van der Waals surface area contributed by atoms with E-state index in [0.29, 0.717) is 23.8 Å². The number of ether oxygens (including phenoxy) is 2. The van der Waals surface area contributed by atoms with Crippen molar-refractivity contribution < 1.29 is 14.3 Å². The quantitative estimate of drug-likeness (QED) is 0.711. The molecule has 0 bridgehead atoms. The smallest absolute Gasteiger partial charge is 0.338 e. The molecule has 0 aromatic heterocycles. The average molecular weight is 207 g/mol. The van der Waals surface area contributed by atoms with Gasteiger partial charge in [0.1, 0.15) is 5.75 Å². The van der Waals surface area contributed by atoms with E-state index in [-0.39, 0.29) is 5.97 Å². The molecule has 0 unspecified atom stereocenters. The Labute approximate surface area is 90.0 Å². The maximum absolute atomic E-state index is 11.2. The second-order valence-corrected chi connectivity index (χ2v) is 3.65. The molecule has 0 aliphatic carbocycles. The Bertz CT molecular complexity index is 331. The molecule has 15 heavy (non-hydrogen) atoms. The van der Waals surface area contributed by atoms with E-state index in [2.05, 4.69) is 24.7 Å². The van der Waals surface area contributed by atoms with Crippen molar-refractivity contribution in [2.75, 3.05) is 13.7 Å². The van der Waals surface area contributed by atoms with Gasteiger partial charge in [0.05, 0.1) is 19.3 Å². The highest BCUT2D eigenvalue weighted by molar-refractivity contribution is 5.89. The van der Waals surface area contributed by atoms with Crippen LogP contribution in [0.15, 0.2) is 18.2 Å². The highest BCUT2D eigenvalue weighted by Gasteiger charge is 2.06. The molecule has 0 aliphatic heterocycles. The number of carbonyl (C=O) groups is 1. The van der Waals surface area contributed by atoms with E-state index < -0.39 is 0 Å². The van der Waals surface area contributed by atoms with Gasteiger partial charge in [0, 0.05) is 0 Å². The SMILES string of the molecule is COC(=O)c1c[c]cc(OCC(C)C)c1. The summed E-state index contributed by atoms with van der Waals surface area (Å²) in [6.07, 6.45) is 0. The Kier molecular flexibility index (Phi) is 4.16. The number of rotatable bonds is 4. The van der Waals surface area contributed by atoms with Crippen LogP contribution in [0.2, 0.25) is 0 Å². The normalized spacial score (nSPS) is 10.1. The first kappa shape index (κ1) is 11.6. The van der Waals surface area contributed by atoms with Gasteiger partial charge in [0.2, 0.25) is 0 Å². The van der Waals surface area contributed by atoms with Gasteiger partial charge in [0.15, 0.2) is 0 Å². The summed E-state index contributed by atoms with van der Waals surface area (Å²) in [6, 6.07) is 7.78. The first-order valence-corrected chi connectivity index (χ1v) is 4.85. The van der Waals surface area contributed by atoms with Crippen molar-refractivity contribution in [3.05, 3.63) is 29.8 Å². The summed E-state index contributed by atoms with van der Waals surface area (Å²) in [7, 11) is 1.35. The molecule has 1 aromatic rings. The first-order chi connectivity index (χ1) is 7.13. The minimum atomic E-state index is -0.374. The maximum Gasteiger partial charge on any atom is 0.338 e. The van der Waals surface area contributed by atoms with Crippen LogP contribution in [0.5, 0.6) is 5.75 Å². The van der Waals surface area contributed by atoms with Crippen LogP contribution < -0.4 is 4.74 Å². The van der Waals surface area contributed by atoms with E-state index >= 15 is 0 Å². The minimum absolute atomic E-state index is 0.374. The van der Waals surface area contributed by atoms with E-state index in [0.717, 1.165) is 0 Å². The summed E-state index contributed by atoms with van der Waals surface area (Å²) >= 11 is 0. The Balaban J connectivity index is 2.70. The van der Waals surface area contributed by atoms with Crippen LogP contribution in [0.3, 0.4) is 0 Å². The number of methoxy groups -OCH3 is 1. The predicted octanol–water partition coefficient (Wildman–Crippen LogP) is 2.31. The standard InChI is InChI=1S/C12H15O3/c1-9(2)8-15-11-6-4-5-10(7-11)12(13)14-3/h5-7,9H,8H2,1-3H3. The molecule has 0 aliphatic rings. The topological polar surface area (TPSA) is 35.5 Å². The van der Waals surface area contributed by atoms with E-state index in [4.69, 9.17) is 4.74 Å². The van der Waals surface area contributed by atoms with Gasteiger partial charge in [-0.1, -0.05) is 13.8 Å². The number of carbonyl (C=O) groups excluding carboxylic acids is 1. The summed E-state index contributed by atoms with van der Waals surface area (Å²) in [5, 5.41) is 0. The lowest BCUT2D eigenvalue weighted by Gasteiger charge is -2.09. The summed E-state index contributed by atoms with van der Waals surface area (Å²) in [5.74, 6) is 0.722. The number of benzene rings is 1. The molecule has 0 amide bonds. The Morgan fingerprint density at radius 1 is 1.47 bits per heavy atom. The zero-order valence-corrected chi connectivity index (χ0v) is 9.24. The fraction of sp³-hybridized carbons (Fsp3) is 0.417. The van der Waals surface area contributed by atoms with Crippen molar-refractivity contribution in [3.63, 3.8) is 0 Å². The van der Waals surface area contributed by atoms with Crippen LogP contribution in [0.4, 0.5) is 0 Å². The van der Waals surface area contributed by atoms with Gasteiger partial charge in [-0.25, -0.2) is 4.79 Å². The second-order valence-electron chi connectivity index (χ2n) is 3.65. The van der Waals surface area contributed by atoms with Crippen LogP contribution >= 0.6 is 0 Å². The average Bonchev–Trinajstić information content (AvgIpc) is 2.25. The van der Waals surface area contributed by atoms with Crippen LogP contribution in [-0.2, 0) is 4.74 Å². The van der Waals surface area contributed by atoms with Crippen molar-refractivity contribution >= 4 is 5.97 Å². The van der Waals surface area contributed by atoms with Gasteiger partial charge in [-0.15, -0.1) is 0 Å². The fourth-order valence-electron chi connectivity index (χ4n) is 1.03. The molecule has 0 saturated carbocycles. The van der Waals surface area contributed by atoms with Crippen LogP contribution in [-0.4, -0.2) is 19.7 Å². The lowest BCUT2D eigenvalue weighted by Crippen LogP contribution is -2.06. The molecule has 1 radical (unpaired) electrons. The summed E-state index contributed by atoms with van der Waals surface area (Å²) in [4.78, 5) is 11.2. The van der Waals surface area contributed by atoms with Gasteiger partial charge in [-0.05, 0) is 30.2 Å². The van der Waals surface area contributed by atoms with Crippen molar-refractivity contribution in [3.8, 4) is 5.75 Å². The summed E-state index contributed by atoms with van der Waals surface area (Å²) < 4.78 is 10.1. The lowest BCUT2D eigenvalue weighted by molar-refractivity contribution is 0.0600. The van der Waals surface area contributed by atoms with Crippen molar-refractivity contribution in [2.45, 2.75) is 13.8 Å². The highest BCUT2D eigenvalue weighted by Crippen LogP contribution is 2.14. The lowest BCUT2D eigenvalue weighted by atomic mass is 10.2. The molecule has 0 atom stereocenters. The molecule has 81 valence electrons. The molecule has 3 heteroatoms. The molecule has 0 heterocycles. The second kappa shape index (κ2) is 5.39. The third-order valence-corrected chi connectivity index (χ3v) is 1.77. The van der Waals surface area contributed by atoms with Gasteiger partial charge in [0.25, 0.3) is 0 Å². The summed E-state index contributed by atoms with van der Waals surface area (Å²) in [6.45, 7) is 4.75. The monoisotopic (exact) mass is 207 g/mol. The Hall–Kier alpha value is -1.51. The Morgan fingerprint density at radius 3 is 2.80 bits per heavy atom. The third kappa shape index (κ3) is 3.62. The number of hydrogen-bond acceptors (Lipinski definition) is 3. The molecule has 0 N–H and O–H groups in total. The summed E-state index contributed by atoms with van der Waals surface area (Å²) in [5.41, 5.74) is 0.457. The van der Waals surface area contributed by atoms with E-state index in [1.54, 1.807) is 18.2 Å². The predicted molar refractivity (Wildman–Crippen MR) is 57.0 cm³/mol. The zero-order chi connectivity index (χ0) is 11.3. The third-order valence-electron chi connectivity index (χ3n) is 1.77. The van der Waals surface area contributed by atoms with E-state index in [1.165, 1.54) is 7.11 Å². The highest BCUT2D eigenvalue weighted by atomic mass is 16.5. The largest absolute Gasteiger partial charge is 0.493 e.